The van der Waals surface area contributed by atoms with Crippen LogP contribution in [0.15, 0.2) is 48.8 Å². The van der Waals surface area contributed by atoms with E-state index in [4.69, 9.17) is 4.74 Å². The summed E-state index contributed by atoms with van der Waals surface area (Å²) in [5, 5.41) is 16.4. The molecular formula is C29H32N6O4. The van der Waals surface area contributed by atoms with Crippen molar-refractivity contribution >= 4 is 34.2 Å². The van der Waals surface area contributed by atoms with Crippen LogP contribution >= 0.6 is 0 Å². The second kappa shape index (κ2) is 11.2. The zero-order chi connectivity index (χ0) is 27.5. The summed E-state index contributed by atoms with van der Waals surface area (Å²) in [6.07, 6.45) is 5.30. The predicted octanol–water partition coefficient (Wildman–Crippen LogP) is 4.11. The number of rotatable bonds is 8. The van der Waals surface area contributed by atoms with E-state index >= 15 is 0 Å². The summed E-state index contributed by atoms with van der Waals surface area (Å²) in [5.41, 5.74) is 4.96. The van der Waals surface area contributed by atoms with Gasteiger partial charge in [-0.2, -0.15) is 0 Å². The Kier molecular flexibility index (Phi) is 7.58. The van der Waals surface area contributed by atoms with Crippen LogP contribution in [0.1, 0.15) is 41.4 Å². The number of nitrogens with zero attached hydrogens (tertiary/aromatic N) is 3. The van der Waals surface area contributed by atoms with Crippen LogP contribution in [0.5, 0.6) is 5.75 Å². The molecule has 0 unspecified atom stereocenters. The molecule has 2 amide bonds. The van der Waals surface area contributed by atoms with E-state index < -0.39 is 0 Å². The molecule has 1 aliphatic rings. The smallest absolute Gasteiger partial charge is 0.257 e. The van der Waals surface area contributed by atoms with Crippen LogP contribution in [-0.4, -0.2) is 63.0 Å². The zero-order valence-electron chi connectivity index (χ0n) is 22.2. The summed E-state index contributed by atoms with van der Waals surface area (Å²) in [4.78, 5) is 39.9. The second-order valence-corrected chi connectivity index (χ2v) is 9.85. The van der Waals surface area contributed by atoms with E-state index in [9.17, 15) is 14.7 Å². The summed E-state index contributed by atoms with van der Waals surface area (Å²) in [6, 6.07) is 11.2. The number of ether oxygens (including phenoxy) is 1. The van der Waals surface area contributed by atoms with Crippen molar-refractivity contribution < 1.29 is 19.4 Å². The third-order valence-corrected chi connectivity index (χ3v) is 7.16. The average Bonchev–Trinajstić information content (AvgIpc) is 3.55. The highest BCUT2D eigenvalue weighted by Crippen LogP contribution is 2.30. The van der Waals surface area contributed by atoms with Crippen molar-refractivity contribution in [3.05, 3.63) is 65.6 Å². The Labute approximate surface area is 226 Å². The van der Waals surface area contributed by atoms with Crippen molar-refractivity contribution in [1.82, 2.24) is 19.9 Å². The standard InChI is InChI=1S/C29H32N6O4/c1-17-5-4-8-35(17)15-27(37)32-22-12-25(18(2)30-14-22)34-29(38)20-9-19-11-26(33-28(19)31-13-20)24-7-6-23(39-3)10-21(24)16-36/h6-7,9-14,17,36H,4-5,8,15-16H2,1-3H3,(H,31,33)(H,32,37)(H,34,38)/t17-/m0/s1. The minimum absolute atomic E-state index is 0.106. The van der Waals surface area contributed by atoms with Gasteiger partial charge in [0.05, 0.1) is 49.1 Å². The second-order valence-electron chi connectivity index (χ2n) is 9.85. The number of amides is 2. The molecule has 0 radical (unpaired) electrons. The SMILES string of the molecule is COc1ccc(-c2cc3cc(C(=O)Nc4cc(NC(=O)CN5CCC[C@@H]5C)cnc4C)cnc3[nH]2)c(CO)c1. The zero-order valence-corrected chi connectivity index (χ0v) is 22.2. The van der Waals surface area contributed by atoms with Gasteiger partial charge in [-0.25, -0.2) is 4.98 Å². The molecule has 4 aromatic rings. The first-order valence-corrected chi connectivity index (χ1v) is 12.9. The van der Waals surface area contributed by atoms with Gasteiger partial charge in [0.2, 0.25) is 5.91 Å². The number of hydrogen-bond acceptors (Lipinski definition) is 7. The number of nitrogens with one attached hydrogen (secondary N) is 3. The number of aromatic nitrogens is 3. The summed E-state index contributed by atoms with van der Waals surface area (Å²) < 4.78 is 5.26. The summed E-state index contributed by atoms with van der Waals surface area (Å²) >= 11 is 0. The number of carbonyl (C=O) groups is 2. The van der Waals surface area contributed by atoms with Crippen molar-refractivity contribution in [2.75, 3.05) is 30.8 Å². The minimum atomic E-state index is -0.341. The number of benzene rings is 1. The summed E-state index contributed by atoms with van der Waals surface area (Å²) in [6.45, 7) is 5.03. The Hall–Kier alpha value is -4.28. The molecule has 4 N–H and O–H groups in total. The van der Waals surface area contributed by atoms with Crippen LogP contribution < -0.4 is 15.4 Å². The lowest BCUT2D eigenvalue weighted by Crippen LogP contribution is -2.35. The number of aliphatic hydroxyl groups is 1. The van der Waals surface area contributed by atoms with Crippen molar-refractivity contribution in [3.63, 3.8) is 0 Å². The first-order valence-electron chi connectivity index (χ1n) is 12.9. The van der Waals surface area contributed by atoms with Crippen LogP contribution in [0, 0.1) is 6.92 Å². The number of fused-ring (bicyclic) bond motifs is 1. The first-order chi connectivity index (χ1) is 18.8. The molecule has 10 nitrogen and oxygen atoms in total. The van der Waals surface area contributed by atoms with Crippen molar-refractivity contribution in [1.29, 1.82) is 0 Å². The van der Waals surface area contributed by atoms with E-state index in [1.54, 1.807) is 38.4 Å². The van der Waals surface area contributed by atoms with Crippen molar-refractivity contribution in [2.24, 2.45) is 0 Å². The van der Waals surface area contributed by atoms with Crippen LogP contribution in [0.25, 0.3) is 22.3 Å². The van der Waals surface area contributed by atoms with E-state index in [0.717, 1.165) is 36.0 Å². The highest BCUT2D eigenvalue weighted by molar-refractivity contribution is 6.06. The number of likely N-dealkylation sites (tertiary alicyclic amines) is 1. The molecule has 1 fully saturated rings. The molecule has 0 bridgehead atoms. The van der Waals surface area contributed by atoms with Crippen LogP contribution in [0.4, 0.5) is 11.4 Å². The molecule has 202 valence electrons. The Morgan fingerprint density at radius 2 is 2.00 bits per heavy atom. The number of hydrogen-bond donors (Lipinski definition) is 4. The van der Waals surface area contributed by atoms with Gasteiger partial charge in [-0.1, -0.05) is 0 Å². The molecule has 1 aliphatic heterocycles. The maximum atomic E-state index is 13.1. The monoisotopic (exact) mass is 528 g/mol. The molecule has 1 saturated heterocycles. The largest absolute Gasteiger partial charge is 0.497 e. The van der Waals surface area contributed by atoms with E-state index in [-0.39, 0.29) is 18.4 Å². The van der Waals surface area contributed by atoms with Gasteiger partial charge in [-0.15, -0.1) is 0 Å². The van der Waals surface area contributed by atoms with Crippen molar-refractivity contribution in [2.45, 2.75) is 39.3 Å². The molecule has 5 rings (SSSR count). The quantitative estimate of drug-likeness (QED) is 0.271. The number of pyridine rings is 2. The topological polar surface area (TPSA) is 132 Å². The minimum Gasteiger partial charge on any atom is -0.497 e. The molecule has 39 heavy (non-hydrogen) atoms. The molecule has 1 atom stereocenters. The van der Waals surface area contributed by atoms with Crippen LogP contribution in [0.3, 0.4) is 0 Å². The molecule has 0 spiro atoms. The van der Waals surface area contributed by atoms with Crippen molar-refractivity contribution in [3.8, 4) is 17.0 Å². The Balaban J connectivity index is 1.31. The van der Waals surface area contributed by atoms with Gasteiger partial charge >= 0.3 is 0 Å². The lowest BCUT2D eigenvalue weighted by atomic mass is 10.0. The van der Waals surface area contributed by atoms with E-state index in [1.807, 2.05) is 18.2 Å². The fourth-order valence-electron chi connectivity index (χ4n) is 4.91. The van der Waals surface area contributed by atoms with E-state index in [2.05, 4.69) is 37.4 Å². The number of H-pyrrole nitrogens is 1. The van der Waals surface area contributed by atoms with Gasteiger partial charge in [-0.3, -0.25) is 19.5 Å². The van der Waals surface area contributed by atoms with Gasteiger partial charge in [0.25, 0.3) is 5.91 Å². The lowest BCUT2D eigenvalue weighted by Gasteiger charge is -2.20. The molecule has 0 saturated carbocycles. The van der Waals surface area contributed by atoms with Gasteiger partial charge in [0.15, 0.2) is 0 Å². The highest BCUT2D eigenvalue weighted by Gasteiger charge is 2.22. The molecule has 3 aromatic heterocycles. The molecule has 1 aromatic carbocycles. The third-order valence-electron chi connectivity index (χ3n) is 7.16. The number of anilines is 2. The average molecular weight is 529 g/mol. The van der Waals surface area contributed by atoms with E-state index in [0.29, 0.717) is 52.2 Å². The first kappa shape index (κ1) is 26.3. The van der Waals surface area contributed by atoms with E-state index in [1.165, 1.54) is 6.20 Å². The summed E-state index contributed by atoms with van der Waals surface area (Å²) in [7, 11) is 1.58. The fourth-order valence-corrected chi connectivity index (χ4v) is 4.91. The maximum absolute atomic E-state index is 13.1. The highest BCUT2D eigenvalue weighted by atomic mass is 16.5. The van der Waals surface area contributed by atoms with Crippen LogP contribution in [0.2, 0.25) is 0 Å². The lowest BCUT2D eigenvalue weighted by molar-refractivity contribution is -0.117. The Bertz CT molecular complexity index is 1530. The van der Waals surface area contributed by atoms with Gasteiger partial charge < -0.3 is 25.5 Å². The number of aromatic amines is 1. The Morgan fingerprint density at radius 1 is 1.15 bits per heavy atom. The van der Waals surface area contributed by atoms with Gasteiger partial charge in [-0.05, 0) is 75.2 Å². The normalized spacial score (nSPS) is 15.4. The predicted molar refractivity (Wildman–Crippen MR) is 150 cm³/mol. The van der Waals surface area contributed by atoms with Gasteiger partial charge in [0.1, 0.15) is 11.4 Å². The Morgan fingerprint density at radius 3 is 2.74 bits per heavy atom. The van der Waals surface area contributed by atoms with Gasteiger partial charge in [0, 0.05) is 28.9 Å². The molecule has 0 aliphatic carbocycles. The fraction of sp³-hybridized carbons (Fsp3) is 0.310. The maximum Gasteiger partial charge on any atom is 0.257 e. The molecule has 4 heterocycles. The third kappa shape index (κ3) is 5.76. The number of carbonyl (C=O) groups excluding carboxylic acids is 2. The summed E-state index contributed by atoms with van der Waals surface area (Å²) in [5.74, 6) is 0.211. The molecule has 10 heteroatoms. The number of methoxy groups -OCH3 is 1. The number of aryl methyl sites for hydroxylation is 1. The molecular weight excluding hydrogens is 496 g/mol. The number of aliphatic hydroxyl groups excluding tert-OH is 1. The van der Waals surface area contributed by atoms with Crippen LogP contribution in [-0.2, 0) is 11.4 Å².